The van der Waals surface area contributed by atoms with Crippen LogP contribution in [0.5, 0.6) is 0 Å². The zero-order valence-electron chi connectivity index (χ0n) is 17.4. The van der Waals surface area contributed by atoms with E-state index >= 15 is 0 Å². The van der Waals surface area contributed by atoms with Crippen LogP contribution in [0.3, 0.4) is 0 Å². The van der Waals surface area contributed by atoms with Crippen molar-refractivity contribution >= 4 is 23.4 Å². The zero-order valence-corrected chi connectivity index (χ0v) is 17.4. The Labute approximate surface area is 176 Å². The van der Waals surface area contributed by atoms with E-state index < -0.39 is 6.10 Å². The monoisotopic (exact) mass is 414 g/mol. The first-order valence-electron chi connectivity index (χ1n) is 10.8. The molecule has 162 valence electrons. The van der Waals surface area contributed by atoms with Gasteiger partial charge in [0, 0.05) is 50.6 Å². The Morgan fingerprint density at radius 1 is 1.10 bits per heavy atom. The number of likely N-dealkylation sites (N-methyl/N-ethyl adjacent to an activating group) is 1. The maximum absolute atomic E-state index is 12.7. The first-order chi connectivity index (χ1) is 14.5. The van der Waals surface area contributed by atoms with E-state index in [-0.39, 0.29) is 29.8 Å². The van der Waals surface area contributed by atoms with Crippen molar-refractivity contribution in [3.63, 3.8) is 0 Å². The molecule has 3 heterocycles. The maximum Gasteiger partial charge on any atom is 0.253 e. The van der Waals surface area contributed by atoms with Crippen LogP contribution in [-0.4, -0.2) is 79.0 Å². The largest absolute Gasteiger partial charge is 0.368 e. The SMILES string of the molecule is CN1CC[C@H](N2CCC(NC(=O)c3cccc(NC(=O)[C@@H]4CCCO4)c3)CC2)C1=O. The van der Waals surface area contributed by atoms with Gasteiger partial charge in [-0.1, -0.05) is 6.07 Å². The molecular weight excluding hydrogens is 384 g/mol. The van der Waals surface area contributed by atoms with Crippen LogP contribution in [0.1, 0.15) is 42.5 Å². The van der Waals surface area contributed by atoms with E-state index in [1.165, 1.54) is 0 Å². The lowest BCUT2D eigenvalue weighted by molar-refractivity contribution is -0.131. The van der Waals surface area contributed by atoms with Crippen LogP contribution < -0.4 is 10.6 Å². The molecule has 3 aliphatic rings. The van der Waals surface area contributed by atoms with Gasteiger partial charge in [-0.2, -0.15) is 0 Å². The normalized spacial score (nSPS) is 25.5. The second-order valence-electron chi connectivity index (χ2n) is 8.42. The van der Waals surface area contributed by atoms with Gasteiger partial charge in [0.05, 0.1) is 6.04 Å². The summed E-state index contributed by atoms with van der Waals surface area (Å²) >= 11 is 0. The predicted octanol–water partition coefficient (Wildman–Crippen LogP) is 1.23. The van der Waals surface area contributed by atoms with E-state index in [0.717, 1.165) is 51.7 Å². The lowest BCUT2D eigenvalue weighted by Crippen LogP contribution is -2.50. The average Bonchev–Trinajstić information content (AvgIpc) is 3.40. The quantitative estimate of drug-likeness (QED) is 0.756. The molecule has 3 fully saturated rings. The molecule has 1 aromatic rings. The van der Waals surface area contributed by atoms with Gasteiger partial charge in [-0.05, 0) is 50.3 Å². The van der Waals surface area contributed by atoms with Gasteiger partial charge in [0.15, 0.2) is 0 Å². The number of amides is 3. The molecule has 8 nitrogen and oxygen atoms in total. The Hall–Kier alpha value is -2.45. The van der Waals surface area contributed by atoms with Crippen molar-refractivity contribution in [1.29, 1.82) is 0 Å². The van der Waals surface area contributed by atoms with Crippen LogP contribution >= 0.6 is 0 Å². The number of piperidine rings is 1. The minimum Gasteiger partial charge on any atom is -0.368 e. The Balaban J connectivity index is 1.28. The zero-order chi connectivity index (χ0) is 21.1. The van der Waals surface area contributed by atoms with Crippen molar-refractivity contribution in [1.82, 2.24) is 15.1 Å². The molecule has 4 rings (SSSR count). The van der Waals surface area contributed by atoms with Crippen LogP contribution in [0.4, 0.5) is 5.69 Å². The second-order valence-corrected chi connectivity index (χ2v) is 8.42. The van der Waals surface area contributed by atoms with Crippen LogP contribution in [0.25, 0.3) is 0 Å². The van der Waals surface area contributed by atoms with Crippen LogP contribution in [0.15, 0.2) is 24.3 Å². The van der Waals surface area contributed by atoms with Gasteiger partial charge in [0.2, 0.25) is 5.91 Å². The maximum atomic E-state index is 12.7. The van der Waals surface area contributed by atoms with E-state index in [9.17, 15) is 14.4 Å². The van der Waals surface area contributed by atoms with Gasteiger partial charge >= 0.3 is 0 Å². The molecule has 3 aliphatic heterocycles. The van der Waals surface area contributed by atoms with Crippen molar-refractivity contribution in [3.8, 4) is 0 Å². The molecule has 3 amide bonds. The fourth-order valence-corrected chi connectivity index (χ4v) is 4.51. The summed E-state index contributed by atoms with van der Waals surface area (Å²) in [6, 6.07) is 7.08. The van der Waals surface area contributed by atoms with Crippen molar-refractivity contribution in [2.75, 3.05) is 38.6 Å². The first-order valence-corrected chi connectivity index (χ1v) is 10.8. The summed E-state index contributed by atoms with van der Waals surface area (Å²) in [5, 5.41) is 5.94. The van der Waals surface area contributed by atoms with E-state index in [0.29, 0.717) is 17.9 Å². The van der Waals surface area contributed by atoms with Crippen LogP contribution in [0.2, 0.25) is 0 Å². The van der Waals surface area contributed by atoms with Gasteiger partial charge in [0.25, 0.3) is 11.8 Å². The third kappa shape index (κ3) is 4.65. The highest BCUT2D eigenvalue weighted by Crippen LogP contribution is 2.21. The molecule has 30 heavy (non-hydrogen) atoms. The summed E-state index contributed by atoms with van der Waals surface area (Å²) in [6.45, 7) is 3.06. The van der Waals surface area contributed by atoms with Gasteiger partial charge in [-0.25, -0.2) is 0 Å². The molecule has 2 N–H and O–H groups in total. The molecule has 0 unspecified atom stereocenters. The van der Waals surface area contributed by atoms with Crippen LogP contribution in [0, 0.1) is 0 Å². The van der Waals surface area contributed by atoms with Crippen LogP contribution in [-0.2, 0) is 14.3 Å². The van der Waals surface area contributed by atoms with Gasteiger partial charge < -0.3 is 20.3 Å². The van der Waals surface area contributed by atoms with Gasteiger partial charge in [-0.15, -0.1) is 0 Å². The fourth-order valence-electron chi connectivity index (χ4n) is 4.51. The number of rotatable bonds is 5. The average molecular weight is 415 g/mol. The molecule has 1 aromatic carbocycles. The number of carbonyl (C=O) groups is 3. The van der Waals surface area contributed by atoms with Crippen molar-refractivity contribution in [3.05, 3.63) is 29.8 Å². The third-order valence-electron chi connectivity index (χ3n) is 6.32. The van der Waals surface area contributed by atoms with Crippen molar-refractivity contribution in [2.45, 2.75) is 50.3 Å². The number of carbonyl (C=O) groups excluding carboxylic acids is 3. The number of benzene rings is 1. The Kier molecular flexibility index (Phi) is 6.34. The highest BCUT2D eigenvalue weighted by Gasteiger charge is 2.36. The molecule has 0 saturated carbocycles. The second kappa shape index (κ2) is 9.14. The number of likely N-dealkylation sites (tertiary alicyclic amines) is 2. The van der Waals surface area contributed by atoms with Gasteiger partial charge in [-0.3, -0.25) is 19.3 Å². The topological polar surface area (TPSA) is 91.0 Å². The molecule has 0 aliphatic carbocycles. The highest BCUT2D eigenvalue weighted by atomic mass is 16.5. The molecular formula is C22H30N4O4. The van der Waals surface area contributed by atoms with E-state index in [1.807, 2.05) is 7.05 Å². The number of hydrogen-bond donors (Lipinski definition) is 2. The Bertz CT molecular complexity index is 800. The molecule has 3 saturated heterocycles. The molecule has 0 spiro atoms. The molecule has 8 heteroatoms. The first kappa shape index (κ1) is 20.8. The number of anilines is 1. The molecule has 0 bridgehead atoms. The summed E-state index contributed by atoms with van der Waals surface area (Å²) < 4.78 is 5.40. The summed E-state index contributed by atoms with van der Waals surface area (Å²) in [7, 11) is 1.85. The number of hydrogen-bond acceptors (Lipinski definition) is 5. The number of ether oxygens (including phenoxy) is 1. The highest BCUT2D eigenvalue weighted by molar-refractivity contribution is 5.98. The predicted molar refractivity (Wildman–Crippen MR) is 112 cm³/mol. The van der Waals surface area contributed by atoms with Gasteiger partial charge in [0.1, 0.15) is 6.10 Å². The van der Waals surface area contributed by atoms with E-state index in [1.54, 1.807) is 29.2 Å². The Morgan fingerprint density at radius 3 is 2.57 bits per heavy atom. The minimum absolute atomic E-state index is 0.00390. The number of nitrogens with zero attached hydrogens (tertiary/aromatic N) is 2. The lowest BCUT2D eigenvalue weighted by atomic mass is 10.0. The molecule has 2 atom stereocenters. The summed E-state index contributed by atoms with van der Waals surface area (Å²) in [5.74, 6) is -0.0952. The van der Waals surface area contributed by atoms with E-state index in [2.05, 4.69) is 15.5 Å². The number of nitrogens with one attached hydrogen (secondary N) is 2. The Morgan fingerprint density at radius 2 is 1.90 bits per heavy atom. The molecule has 0 radical (unpaired) electrons. The van der Waals surface area contributed by atoms with Crippen molar-refractivity contribution in [2.24, 2.45) is 0 Å². The lowest BCUT2D eigenvalue weighted by Gasteiger charge is -2.35. The summed E-state index contributed by atoms with van der Waals surface area (Å²) in [5.41, 5.74) is 1.12. The third-order valence-corrected chi connectivity index (χ3v) is 6.32. The summed E-state index contributed by atoms with van der Waals surface area (Å²) in [4.78, 5) is 41.2. The summed E-state index contributed by atoms with van der Waals surface area (Å²) in [6.07, 6.45) is 3.76. The van der Waals surface area contributed by atoms with Crippen molar-refractivity contribution < 1.29 is 19.1 Å². The van der Waals surface area contributed by atoms with E-state index in [4.69, 9.17) is 4.74 Å². The smallest absolute Gasteiger partial charge is 0.253 e. The standard InChI is InChI=1S/C22H30N4O4/c1-25-10-9-18(22(25)29)26-11-7-16(8-12-26)23-20(27)15-4-2-5-17(14-15)24-21(28)19-6-3-13-30-19/h2,4-5,14,16,18-19H,3,6-13H2,1H3,(H,23,27)(H,24,28)/t18-,19-/m0/s1. The fraction of sp³-hybridized carbons (Fsp3) is 0.591. The minimum atomic E-state index is -0.404. The molecule has 0 aromatic heterocycles.